The van der Waals surface area contributed by atoms with Crippen LogP contribution in [0.5, 0.6) is 0 Å². The highest BCUT2D eigenvalue weighted by molar-refractivity contribution is 6.06. The van der Waals surface area contributed by atoms with Gasteiger partial charge < -0.3 is 0 Å². The Kier molecular flexibility index (Phi) is 2.52. The van der Waals surface area contributed by atoms with Crippen molar-refractivity contribution in [3.05, 3.63) is 39.8 Å². The summed E-state index contributed by atoms with van der Waals surface area (Å²) in [6, 6.07) is 1.45. The molecule has 2 fully saturated rings. The highest BCUT2D eigenvalue weighted by Crippen LogP contribution is 2.62. The molecule has 23 heavy (non-hydrogen) atoms. The molecular formula is C14H10F3N3O3. The number of likely N-dealkylation sites (tertiary alicyclic amines) is 1. The van der Waals surface area contributed by atoms with Crippen LogP contribution < -0.4 is 0 Å². The Bertz CT molecular complexity index is 763. The molecule has 0 saturated carbocycles. The van der Waals surface area contributed by atoms with E-state index in [1.165, 1.54) is 13.1 Å². The topological polar surface area (TPSA) is 70.1 Å². The maximum atomic E-state index is 12.9. The first-order chi connectivity index (χ1) is 10.8. The second-order valence-corrected chi connectivity index (χ2v) is 5.98. The first-order valence-electron chi connectivity index (χ1n) is 6.91. The first kappa shape index (κ1) is 14.2. The molecule has 3 aliphatic heterocycles. The largest absolute Gasteiger partial charge is 0.416 e. The van der Waals surface area contributed by atoms with E-state index in [9.17, 15) is 27.7 Å². The van der Waals surface area contributed by atoms with Gasteiger partial charge >= 0.3 is 6.18 Å². The quantitative estimate of drug-likeness (QED) is 0.585. The molecule has 0 unspecified atom stereocenters. The third kappa shape index (κ3) is 1.54. The van der Waals surface area contributed by atoms with E-state index >= 15 is 0 Å². The molecule has 0 aliphatic carbocycles. The van der Waals surface area contributed by atoms with Gasteiger partial charge in [0.05, 0.1) is 34.8 Å². The fraction of sp³-hybridized carbons (Fsp3) is 0.429. The van der Waals surface area contributed by atoms with Crippen molar-refractivity contribution in [3.8, 4) is 0 Å². The van der Waals surface area contributed by atoms with Gasteiger partial charge in [0.1, 0.15) is 0 Å². The fourth-order valence-corrected chi connectivity index (χ4v) is 4.08. The van der Waals surface area contributed by atoms with Crippen LogP contribution in [0.1, 0.15) is 28.8 Å². The summed E-state index contributed by atoms with van der Waals surface area (Å²) in [5, 5.41) is 3.93. The van der Waals surface area contributed by atoms with Crippen LogP contribution in [0, 0.1) is 16.7 Å². The summed E-state index contributed by atoms with van der Waals surface area (Å²) in [5.74, 6) is -2.53. The van der Waals surface area contributed by atoms with Crippen molar-refractivity contribution in [1.29, 1.82) is 0 Å². The van der Waals surface area contributed by atoms with E-state index in [-0.39, 0.29) is 5.56 Å². The Morgan fingerprint density at radius 2 is 1.61 bits per heavy atom. The number of hydrogen-bond acceptors (Lipinski definition) is 4. The van der Waals surface area contributed by atoms with Gasteiger partial charge in [-0.3, -0.25) is 14.5 Å². The van der Waals surface area contributed by atoms with Gasteiger partial charge in [-0.15, -0.1) is 4.91 Å². The highest BCUT2D eigenvalue weighted by atomic mass is 19.4. The molecule has 3 heterocycles. The number of nitrogens with zero attached hydrogens (tertiary/aromatic N) is 3. The maximum Gasteiger partial charge on any atom is 0.416 e. The molecule has 2 bridgehead atoms. The van der Waals surface area contributed by atoms with Crippen molar-refractivity contribution in [2.45, 2.75) is 18.3 Å². The summed E-state index contributed by atoms with van der Waals surface area (Å²) in [6.45, 7) is 0. The van der Waals surface area contributed by atoms with Crippen molar-refractivity contribution < 1.29 is 22.8 Å². The summed E-state index contributed by atoms with van der Waals surface area (Å²) in [7, 11) is 1.34. The number of amides is 2. The van der Waals surface area contributed by atoms with Crippen LogP contribution in [0.25, 0.3) is 0 Å². The average molecular weight is 325 g/mol. The standard InChI is InChI=1S/C14H10F3N3O3/c1-19-12(21)8-9(13(19)22)11-7-4-5(14(15,16)17)2-3-6(7)10(8)20(11)18-23/h2-4,8-11H,1H3/t8-,9+,10-,11+/m1/s1. The number of alkyl halides is 3. The molecule has 4 rings (SSSR count). The number of rotatable bonds is 1. The molecule has 4 atom stereocenters. The van der Waals surface area contributed by atoms with E-state index in [4.69, 9.17) is 0 Å². The number of imide groups is 1. The number of carbonyl (C=O) groups is 2. The summed E-state index contributed by atoms with van der Waals surface area (Å²) < 4.78 is 38.8. The summed E-state index contributed by atoms with van der Waals surface area (Å²) >= 11 is 0. The summed E-state index contributed by atoms with van der Waals surface area (Å²) in [5.41, 5.74) is -0.140. The van der Waals surface area contributed by atoms with Crippen LogP contribution in [0.2, 0.25) is 0 Å². The molecule has 1 aromatic rings. The Balaban J connectivity index is 1.89. The van der Waals surface area contributed by atoms with Crippen molar-refractivity contribution in [1.82, 2.24) is 9.91 Å². The van der Waals surface area contributed by atoms with E-state index in [2.05, 4.69) is 5.29 Å². The van der Waals surface area contributed by atoms with E-state index in [0.29, 0.717) is 5.56 Å². The van der Waals surface area contributed by atoms with Crippen molar-refractivity contribution in [2.24, 2.45) is 17.1 Å². The van der Waals surface area contributed by atoms with Crippen LogP contribution in [0.15, 0.2) is 23.5 Å². The number of halogens is 3. The Morgan fingerprint density at radius 3 is 2.13 bits per heavy atom. The molecule has 0 radical (unpaired) electrons. The Labute approximate surface area is 127 Å². The van der Waals surface area contributed by atoms with Crippen LogP contribution in [-0.2, 0) is 15.8 Å². The minimum Gasteiger partial charge on any atom is -0.285 e. The van der Waals surface area contributed by atoms with Crippen LogP contribution >= 0.6 is 0 Å². The second kappa shape index (κ2) is 4.09. The predicted molar refractivity (Wildman–Crippen MR) is 69.3 cm³/mol. The molecule has 120 valence electrons. The number of benzene rings is 1. The molecule has 0 spiro atoms. The monoisotopic (exact) mass is 325 g/mol. The number of nitroso groups, excluding NO2 is 1. The Hall–Kier alpha value is -2.45. The zero-order valence-corrected chi connectivity index (χ0v) is 11.7. The molecule has 2 amide bonds. The van der Waals surface area contributed by atoms with Crippen molar-refractivity contribution in [2.75, 3.05) is 7.05 Å². The van der Waals surface area contributed by atoms with Crippen LogP contribution in [0.3, 0.4) is 0 Å². The Morgan fingerprint density at radius 1 is 1.04 bits per heavy atom. The van der Waals surface area contributed by atoms with Gasteiger partial charge in [0.25, 0.3) is 0 Å². The smallest absolute Gasteiger partial charge is 0.285 e. The normalized spacial score (nSPS) is 31.7. The third-order valence-corrected chi connectivity index (χ3v) is 5.01. The van der Waals surface area contributed by atoms with E-state index in [1.807, 2.05) is 0 Å². The van der Waals surface area contributed by atoms with Gasteiger partial charge in [0, 0.05) is 7.05 Å². The van der Waals surface area contributed by atoms with Crippen LogP contribution in [-0.4, -0.2) is 28.8 Å². The number of hydrogen-bond donors (Lipinski definition) is 0. The second-order valence-electron chi connectivity index (χ2n) is 5.98. The third-order valence-electron chi connectivity index (χ3n) is 5.01. The van der Waals surface area contributed by atoms with Crippen LogP contribution in [0.4, 0.5) is 13.2 Å². The average Bonchev–Trinajstić information content (AvgIpc) is 3.08. The van der Waals surface area contributed by atoms with Gasteiger partial charge in [0.15, 0.2) is 0 Å². The lowest BCUT2D eigenvalue weighted by Crippen LogP contribution is -2.31. The lowest BCUT2D eigenvalue weighted by atomic mass is 9.77. The molecule has 9 heteroatoms. The number of fused-ring (bicyclic) bond motifs is 8. The summed E-state index contributed by atoms with van der Waals surface area (Å²) in [4.78, 5) is 36.6. The van der Waals surface area contributed by atoms with Gasteiger partial charge in [-0.25, -0.2) is 5.01 Å². The lowest BCUT2D eigenvalue weighted by molar-refractivity contribution is -0.140. The van der Waals surface area contributed by atoms with Gasteiger partial charge in [0.2, 0.25) is 11.8 Å². The molecule has 2 saturated heterocycles. The predicted octanol–water partition coefficient (Wildman–Crippen LogP) is 2.03. The molecular weight excluding hydrogens is 315 g/mol. The van der Waals surface area contributed by atoms with Gasteiger partial charge in [-0.2, -0.15) is 13.2 Å². The van der Waals surface area contributed by atoms with Gasteiger partial charge in [-0.05, 0) is 23.3 Å². The van der Waals surface area contributed by atoms with E-state index < -0.39 is 47.5 Å². The minimum absolute atomic E-state index is 0.252. The van der Waals surface area contributed by atoms with E-state index in [0.717, 1.165) is 22.0 Å². The van der Waals surface area contributed by atoms with E-state index in [1.54, 1.807) is 0 Å². The molecule has 6 nitrogen and oxygen atoms in total. The van der Waals surface area contributed by atoms with Crippen molar-refractivity contribution >= 4 is 11.8 Å². The van der Waals surface area contributed by atoms with Gasteiger partial charge in [-0.1, -0.05) is 6.07 Å². The molecule has 3 aliphatic rings. The highest BCUT2D eigenvalue weighted by Gasteiger charge is 2.67. The lowest BCUT2D eigenvalue weighted by Gasteiger charge is -2.21. The summed E-state index contributed by atoms with van der Waals surface area (Å²) in [6.07, 6.45) is -4.53. The number of carbonyl (C=O) groups excluding carboxylic acids is 2. The SMILES string of the molecule is CN1C(=O)[C@@H]2[C@H](C1=O)[C@@H]1c3cc(C(F)(F)F)ccc3[C@H]2N1N=O. The fourth-order valence-electron chi connectivity index (χ4n) is 4.08. The zero-order chi connectivity index (χ0) is 16.7. The molecule has 0 N–H and O–H groups in total. The zero-order valence-electron chi connectivity index (χ0n) is 11.7. The molecule has 1 aromatic carbocycles. The molecule has 0 aromatic heterocycles. The first-order valence-corrected chi connectivity index (χ1v) is 6.91. The minimum atomic E-state index is -4.53. The maximum absolute atomic E-state index is 12.9. The van der Waals surface area contributed by atoms with Crippen molar-refractivity contribution in [3.63, 3.8) is 0 Å².